The molecule has 134 valence electrons. The maximum absolute atomic E-state index is 5.22. The van der Waals surface area contributed by atoms with Crippen LogP contribution in [0, 0.1) is 0 Å². The van der Waals surface area contributed by atoms with Gasteiger partial charge in [0, 0.05) is 5.56 Å². The summed E-state index contributed by atoms with van der Waals surface area (Å²) in [7, 11) is 0. The summed E-state index contributed by atoms with van der Waals surface area (Å²) < 4.78 is 0. The summed E-state index contributed by atoms with van der Waals surface area (Å²) in [6.07, 6.45) is 0.920. The molecular formula is C27H21N. The summed E-state index contributed by atoms with van der Waals surface area (Å²) in [5.74, 6) is 0. The van der Waals surface area contributed by atoms with Gasteiger partial charge in [-0.25, -0.2) is 0 Å². The number of fused-ring (bicyclic) bond motifs is 1. The molecular weight excluding hydrogens is 338 g/mol. The molecule has 1 aliphatic carbocycles. The van der Waals surface area contributed by atoms with Crippen molar-refractivity contribution in [3.63, 3.8) is 0 Å². The Morgan fingerprint density at radius 3 is 1.64 bits per heavy atom. The SMILES string of the molecule is c1ccc(N=C2c3ccccc3CC2(c2ccccc2)c2ccccc2)cc1. The van der Waals surface area contributed by atoms with Crippen molar-refractivity contribution in [3.8, 4) is 0 Å². The van der Waals surface area contributed by atoms with E-state index >= 15 is 0 Å². The minimum absolute atomic E-state index is 0.290. The van der Waals surface area contributed by atoms with Crippen LogP contribution in [-0.2, 0) is 11.8 Å². The van der Waals surface area contributed by atoms with E-state index in [4.69, 9.17) is 4.99 Å². The number of benzene rings is 4. The van der Waals surface area contributed by atoms with Crippen LogP contribution in [-0.4, -0.2) is 5.71 Å². The number of nitrogens with zero attached hydrogens (tertiary/aromatic N) is 1. The van der Waals surface area contributed by atoms with Crippen LogP contribution in [0.4, 0.5) is 5.69 Å². The zero-order chi connectivity index (χ0) is 18.8. The van der Waals surface area contributed by atoms with E-state index in [-0.39, 0.29) is 5.41 Å². The molecule has 0 spiro atoms. The maximum Gasteiger partial charge on any atom is 0.0670 e. The van der Waals surface area contributed by atoms with Gasteiger partial charge < -0.3 is 0 Å². The number of hydrogen-bond donors (Lipinski definition) is 0. The average molecular weight is 359 g/mol. The Bertz CT molecular complexity index is 1070. The maximum atomic E-state index is 5.22. The lowest BCUT2D eigenvalue weighted by Crippen LogP contribution is -2.35. The van der Waals surface area contributed by atoms with Gasteiger partial charge in [-0.1, -0.05) is 103 Å². The van der Waals surface area contributed by atoms with E-state index in [2.05, 4.69) is 97.1 Å². The van der Waals surface area contributed by atoms with Crippen LogP contribution < -0.4 is 0 Å². The van der Waals surface area contributed by atoms with Crippen LogP contribution in [0.2, 0.25) is 0 Å². The fraction of sp³-hybridized carbons (Fsp3) is 0.0741. The van der Waals surface area contributed by atoms with Crippen molar-refractivity contribution in [1.29, 1.82) is 0 Å². The first-order valence-electron chi connectivity index (χ1n) is 9.71. The van der Waals surface area contributed by atoms with Crippen LogP contribution in [0.3, 0.4) is 0 Å². The fourth-order valence-corrected chi connectivity index (χ4v) is 4.38. The minimum atomic E-state index is -0.290. The van der Waals surface area contributed by atoms with Gasteiger partial charge >= 0.3 is 0 Å². The zero-order valence-electron chi connectivity index (χ0n) is 15.6. The molecule has 0 saturated heterocycles. The average Bonchev–Trinajstić information content (AvgIpc) is 3.11. The monoisotopic (exact) mass is 359 g/mol. The van der Waals surface area contributed by atoms with Crippen LogP contribution in [0.25, 0.3) is 0 Å². The summed E-state index contributed by atoms with van der Waals surface area (Å²) in [5.41, 5.74) is 7.00. The molecule has 5 rings (SSSR count). The quantitative estimate of drug-likeness (QED) is 0.404. The number of rotatable bonds is 3. The molecule has 1 nitrogen and oxygen atoms in total. The van der Waals surface area contributed by atoms with E-state index in [9.17, 15) is 0 Å². The topological polar surface area (TPSA) is 12.4 Å². The standard InChI is InChI=1S/C27H21N/c1-4-13-22(14-5-1)27(23-15-6-2-7-16-23)20-21-12-10-11-19-25(21)26(27)28-24-17-8-3-9-18-24/h1-19H,20H2. The van der Waals surface area contributed by atoms with E-state index in [1.54, 1.807) is 0 Å². The normalized spacial score (nSPS) is 16.1. The molecule has 0 radical (unpaired) electrons. The first kappa shape index (κ1) is 16.7. The molecule has 0 aromatic heterocycles. The molecule has 0 saturated carbocycles. The Hall–Kier alpha value is -3.45. The van der Waals surface area contributed by atoms with Crippen LogP contribution in [0.15, 0.2) is 120 Å². The van der Waals surface area contributed by atoms with E-state index in [1.807, 2.05) is 18.2 Å². The van der Waals surface area contributed by atoms with Gasteiger partial charge in [0.2, 0.25) is 0 Å². The van der Waals surface area contributed by atoms with Crippen molar-refractivity contribution < 1.29 is 0 Å². The second-order valence-electron chi connectivity index (χ2n) is 7.27. The highest BCUT2D eigenvalue weighted by atomic mass is 14.8. The lowest BCUT2D eigenvalue weighted by Gasteiger charge is -2.32. The first-order chi connectivity index (χ1) is 13.9. The molecule has 0 heterocycles. The van der Waals surface area contributed by atoms with Gasteiger partial charge in [0.15, 0.2) is 0 Å². The third kappa shape index (κ3) is 2.68. The van der Waals surface area contributed by atoms with Gasteiger partial charge in [-0.2, -0.15) is 0 Å². The minimum Gasteiger partial charge on any atom is -0.252 e. The summed E-state index contributed by atoms with van der Waals surface area (Å²) in [6, 6.07) is 40.6. The summed E-state index contributed by atoms with van der Waals surface area (Å²) in [4.78, 5) is 5.22. The number of para-hydroxylation sites is 1. The van der Waals surface area contributed by atoms with Crippen LogP contribution in [0.1, 0.15) is 22.3 Å². The summed E-state index contributed by atoms with van der Waals surface area (Å²) >= 11 is 0. The largest absolute Gasteiger partial charge is 0.252 e. The van der Waals surface area contributed by atoms with Gasteiger partial charge in [-0.15, -0.1) is 0 Å². The van der Waals surface area contributed by atoms with Gasteiger partial charge in [0.1, 0.15) is 0 Å². The van der Waals surface area contributed by atoms with Crippen LogP contribution in [0.5, 0.6) is 0 Å². The highest BCUT2D eigenvalue weighted by molar-refractivity contribution is 6.15. The van der Waals surface area contributed by atoms with E-state index in [1.165, 1.54) is 22.3 Å². The third-order valence-corrected chi connectivity index (χ3v) is 5.66. The molecule has 0 aliphatic heterocycles. The smallest absolute Gasteiger partial charge is 0.0670 e. The molecule has 0 bridgehead atoms. The van der Waals surface area contributed by atoms with Crippen molar-refractivity contribution in [2.24, 2.45) is 4.99 Å². The van der Waals surface area contributed by atoms with Gasteiger partial charge in [-0.3, -0.25) is 4.99 Å². The predicted molar refractivity (Wildman–Crippen MR) is 116 cm³/mol. The zero-order valence-corrected chi connectivity index (χ0v) is 15.6. The molecule has 0 atom stereocenters. The molecule has 4 aromatic rings. The number of hydrogen-bond acceptors (Lipinski definition) is 1. The fourth-order valence-electron chi connectivity index (χ4n) is 4.38. The summed E-state index contributed by atoms with van der Waals surface area (Å²) in [6.45, 7) is 0. The lowest BCUT2D eigenvalue weighted by molar-refractivity contribution is 0.706. The second-order valence-corrected chi connectivity index (χ2v) is 7.27. The highest BCUT2D eigenvalue weighted by Crippen LogP contribution is 2.46. The molecule has 1 heteroatoms. The van der Waals surface area contributed by atoms with Crippen LogP contribution >= 0.6 is 0 Å². The Kier molecular flexibility index (Phi) is 4.14. The Balaban J connectivity index is 1.84. The highest BCUT2D eigenvalue weighted by Gasteiger charge is 2.46. The van der Waals surface area contributed by atoms with Gasteiger partial charge in [-0.05, 0) is 35.2 Å². The van der Waals surface area contributed by atoms with Crippen molar-refractivity contribution in [1.82, 2.24) is 0 Å². The van der Waals surface area contributed by atoms with E-state index in [0.717, 1.165) is 17.8 Å². The molecule has 1 aliphatic rings. The van der Waals surface area contributed by atoms with Crippen molar-refractivity contribution in [2.75, 3.05) is 0 Å². The van der Waals surface area contributed by atoms with Gasteiger partial charge in [0.05, 0.1) is 16.8 Å². The molecule has 0 unspecified atom stereocenters. The van der Waals surface area contributed by atoms with Crippen molar-refractivity contribution >= 4 is 11.4 Å². The molecule has 28 heavy (non-hydrogen) atoms. The third-order valence-electron chi connectivity index (χ3n) is 5.66. The summed E-state index contributed by atoms with van der Waals surface area (Å²) in [5, 5.41) is 0. The molecule has 4 aromatic carbocycles. The Morgan fingerprint density at radius 2 is 1.04 bits per heavy atom. The molecule has 0 amide bonds. The van der Waals surface area contributed by atoms with Crippen molar-refractivity contribution in [3.05, 3.63) is 138 Å². The first-order valence-corrected chi connectivity index (χ1v) is 9.71. The van der Waals surface area contributed by atoms with E-state index < -0.39 is 0 Å². The predicted octanol–water partition coefficient (Wildman–Crippen LogP) is 6.35. The van der Waals surface area contributed by atoms with Gasteiger partial charge in [0.25, 0.3) is 0 Å². The Morgan fingerprint density at radius 1 is 0.536 bits per heavy atom. The molecule has 0 fully saturated rings. The molecule has 0 N–H and O–H groups in total. The van der Waals surface area contributed by atoms with Crippen molar-refractivity contribution in [2.45, 2.75) is 11.8 Å². The Labute approximate surface area is 166 Å². The second kappa shape index (κ2) is 6.94. The lowest BCUT2D eigenvalue weighted by atomic mass is 9.71. The van der Waals surface area contributed by atoms with E-state index in [0.29, 0.717) is 0 Å². The number of aliphatic imine (C=N–C) groups is 1.